The normalized spacial score (nSPS) is 11.8. The molecule has 0 aliphatic carbocycles. The molecule has 0 spiro atoms. The number of carbonyl (C=O) groups excluding carboxylic acids is 2. The summed E-state index contributed by atoms with van der Waals surface area (Å²) in [7, 11) is 0.0722. The Morgan fingerprint density at radius 3 is 2.21 bits per heavy atom. The summed E-state index contributed by atoms with van der Waals surface area (Å²) in [5.74, 6) is 0.266. The average Bonchev–Trinajstić information content (AvgIpc) is 3.02. The summed E-state index contributed by atoms with van der Waals surface area (Å²) in [5, 5.41) is 3.27. The Labute approximate surface area is 258 Å². The van der Waals surface area contributed by atoms with E-state index in [1.165, 1.54) is 56.6 Å². The number of nitrogens with one attached hydrogen (secondary N) is 1. The van der Waals surface area contributed by atoms with Crippen molar-refractivity contribution in [2.75, 3.05) is 38.7 Å². The van der Waals surface area contributed by atoms with Crippen LogP contribution in [0.1, 0.15) is 32.3 Å². The van der Waals surface area contributed by atoms with E-state index >= 15 is 0 Å². The zero-order valence-electron chi connectivity index (χ0n) is 25.0. The number of nitrogens with zero attached hydrogens (tertiary/aromatic N) is 2. The molecule has 0 heterocycles. The van der Waals surface area contributed by atoms with Crippen LogP contribution < -0.4 is 23.8 Å². The minimum absolute atomic E-state index is 0.0545. The third-order valence-corrected chi connectivity index (χ3v) is 8.78. The monoisotopic (exact) mass is 631 g/mol. The lowest BCUT2D eigenvalue weighted by Crippen LogP contribution is -2.52. The van der Waals surface area contributed by atoms with Crippen molar-refractivity contribution in [1.82, 2.24) is 10.2 Å². The number of amides is 2. The molecule has 0 aliphatic heterocycles. The molecule has 0 unspecified atom stereocenters. The molecule has 1 atom stereocenters. The Hall–Kier alpha value is -3.96. The van der Waals surface area contributed by atoms with Crippen LogP contribution in [0, 0.1) is 0 Å². The molecule has 43 heavy (non-hydrogen) atoms. The quantitative estimate of drug-likeness (QED) is 0.254. The highest BCUT2D eigenvalue weighted by Gasteiger charge is 2.34. The van der Waals surface area contributed by atoms with Gasteiger partial charge in [-0.2, -0.15) is 0 Å². The Kier molecular flexibility index (Phi) is 12.1. The number of benzene rings is 3. The summed E-state index contributed by atoms with van der Waals surface area (Å²) < 4.78 is 45.2. The second-order valence-corrected chi connectivity index (χ2v) is 11.9. The lowest BCUT2D eigenvalue weighted by atomic mass is 10.1. The summed E-state index contributed by atoms with van der Waals surface area (Å²) in [6.45, 7) is 3.66. The van der Waals surface area contributed by atoms with Crippen LogP contribution in [0.25, 0.3) is 0 Å². The van der Waals surface area contributed by atoms with Crippen LogP contribution in [0.3, 0.4) is 0 Å². The lowest BCUT2D eigenvalue weighted by Gasteiger charge is -2.33. The van der Waals surface area contributed by atoms with Crippen LogP contribution in [0.4, 0.5) is 5.69 Å². The molecule has 0 aliphatic rings. The standard InChI is InChI=1S/C31H38ClN3O7S/c1-6-17-33-31(37)27(7-2)34(20-22-9-8-10-25(18-22)40-3)30(36)21-35(24-13-11-23(32)12-14-24)43(38,39)26-15-16-28(41-4)29(19-26)42-5/h8-16,18-19,27H,6-7,17,20-21H2,1-5H3,(H,33,37)/t27-/m1/s1. The molecular weight excluding hydrogens is 594 g/mol. The van der Waals surface area contributed by atoms with Crippen LogP contribution in [0.5, 0.6) is 17.2 Å². The van der Waals surface area contributed by atoms with E-state index in [9.17, 15) is 18.0 Å². The maximum Gasteiger partial charge on any atom is 0.264 e. The molecule has 2 amide bonds. The Balaban J connectivity index is 2.09. The van der Waals surface area contributed by atoms with Crippen molar-refractivity contribution >= 4 is 39.1 Å². The predicted molar refractivity (Wildman–Crippen MR) is 166 cm³/mol. The van der Waals surface area contributed by atoms with Crippen LogP contribution in [0.2, 0.25) is 5.02 Å². The van der Waals surface area contributed by atoms with Gasteiger partial charge in [-0.15, -0.1) is 0 Å². The number of methoxy groups -OCH3 is 3. The molecule has 0 aromatic heterocycles. The van der Waals surface area contributed by atoms with E-state index in [2.05, 4.69) is 5.32 Å². The van der Waals surface area contributed by atoms with Crippen molar-refractivity contribution in [2.45, 2.75) is 44.2 Å². The third-order valence-electron chi connectivity index (χ3n) is 6.76. The molecule has 1 N–H and O–H groups in total. The van der Waals surface area contributed by atoms with Crippen molar-refractivity contribution in [3.63, 3.8) is 0 Å². The van der Waals surface area contributed by atoms with Crippen molar-refractivity contribution < 1.29 is 32.2 Å². The minimum Gasteiger partial charge on any atom is -0.497 e. The highest BCUT2D eigenvalue weighted by atomic mass is 35.5. The molecule has 3 aromatic rings. The van der Waals surface area contributed by atoms with E-state index in [0.717, 1.165) is 16.3 Å². The molecule has 0 fully saturated rings. The average molecular weight is 632 g/mol. The first-order valence-electron chi connectivity index (χ1n) is 13.8. The van der Waals surface area contributed by atoms with Crippen molar-refractivity contribution in [3.05, 3.63) is 77.3 Å². The molecular formula is C31H38ClN3O7S. The van der Waals surface area contributed by atoms with Gasteiger partial charge in [-0.25, -0.2) is 8.42 Å². The third kappa shape index (κ3) is 8.32. The van der Waals surface area contributed by atoms with Gasteiger partial charge >= 0.3 is 0 Å². The highest BCUT2D eigenvalue weighted by molar-refractivity contribution is 7.92. The van der Waals surface area contributed by atoms with Crippen molar-refractivity contribution in [3.8, 4) is 17.2 Å². The number of ether oxygens (including phenoxy) is 3. The van der Waals surface area contributed by atoms with Gasteiger partial charge in [0.15, 0.2) is 11.5 Å². The molecule has 3 rings (SSSR count). The summed E-state index contributed by atoms with van der Waals surface area (Å²) in [5.41, 5.74) is 0.938. The molecule has 0 bridgehead atoms. The maximum atomic E-state index is 14.2. The number of hydrogen-bond acceptors (Lipinski definition) is 7. The number of sulfonamides is 1. The van der Waals surface area contributed by atoms with Crippen LogP contribution in [0.15, 0.2) is 71.6 Å². The molecule has 0 saturated heterocycles. The van der Waals surface area contributed by atoms with Gasteiger partial charge in [0, 0.05) is 24.2 Å². The predicted octanol–water partition coefficient (Wildman–Crippen LogP) is 4.89. The zero-order valence-corrected chi connectivity index (χ0v) is 26.6. The van der Waals surface area contributed by atoms with Crippen molar-refractivity contribution in [2.24, 2.45) is 0 Å². The van der Waals surface area contributed by atoms with Crippen molar-refractivity contribution in [1.29, 1.82) is 0 Å². The molecule has 3 aromatic carbocycles. The molecule has 12 heteroatoms. The SMILES string of the molecule is CCCNC(=O)[C@@H](CC)N(Cc1cccc(OC)c1)C(=O)CN(c1ccc(Cl)cc1)S(=O)(=O)c1ccc(OC)c(OC)c1. The summed E-state index contributed by atoms with van der Waals surface area (Å²) in [6, 6.07) is 16.6. The summed E-state index contributed by atoms with van der Waals surface area (Å²) >= 11 is 6.10. The topological polar surface area (TPSA) is 114 Å². The van der Waals surface area contributed by atoms with Gasteiger partial charge in [0.1, 0.15) is 18.3 Å². The van der Waals surface area contributed by atoms with E-state index in [0.29, 0.717) is 29.5 Å². The summed E-state index contributed by atoms with van der Waals surface area (Å²) in [4.78, 5) is 28.7. The van der Waals surface area contributed by atoms with Crippen LogP contribution >= 0.6 is 11.6 Å². The zero-order chi connectivity index (χ0) is 31.6. The summed E-state index contributed by atoms with van der Waals surface area (Å²) in [6.07, 6.45) is 1.04. The van der Waals surface area contributed by atoms with Crippen LogP contribution in [-0.4, -0.2) is 65.6 Å². The van der Waals surface area contributed by atoms with E-state index < -0.39 is 28.5 Å². The lowest BCUT2D eigenvalue weighted by molar-refractivity contribution is -0.140. The first-order chi connectivity index (χ1) is 20.6. The second-order valence-electron chi connectivity index (χ2n) is 9.59. The van der Waals surface area contributed by atoms with Gasteiger partial charge in [-0.05, 0) is 66.9 Å². The van der Waals surface area contributed by atoms with Gasteiger partial charge < -0.3 is 24.4 Å². The number of anilines is 1. The number of carbonyl (C=O) groups is 2. The van der Waals surface area contributed by atoms with Gasteiger partial charge in [0.2, 0.25) is 11.8 Å². The van der Waals surface area contributed by atoms with Gasteiger partial charge in [0.25, 0.3) is 10.0 Å². The Morgan fingerprint density at radius 2 is 1.60 bits per heavy atom. The Morgan fingerprint density at radius 1 is 0.907 bits per heavy atom. The van der Waals surface area contributed by atoms with E-state index in [1.54, 1.807) is 37.3 Å². The van der Waals surface area contributed by atoms with Crippen LogP contribution in [-0.2, 0) is 26.2 Å². The smallest absolute Gasteiger partial charge is 0.264 e. The largest absolute Gasteiger partial charge is 0.497 e. The Bertz CT molecular complexity index is 1500. The fourth-order valence-electron chi connectivity index (χ4n) is 4.49. The van der Waals surface area contributed by atoms with E-state index in [4.69, 9.17) is 25.8 Å². The molecule has 0 radical (unpaired) electrons. The fraction of sp³-hybridized carbons (Fsp3) is 0.355. The fourth-order valence-corrected chi connectivity index (χ4v) is 6.05. The molecule has 232 valence electrons. The van der Waals surface area contributed by atoms with Gasteiger partial charge in [-0.1, -0.05) is 37.6 Å². The number of rotatable bonds is 15. The van der Waals surface area contributed by atoms with Gasteiger partial charge in [0.05, 0.1) is 31.9 Å². The second kappa shape index (κ2) is 15.5. The van der Waals surface area contributed by atoms with E-state index in [1.807, 2.05) is 13.0 Å². The molecule has 0 saturated carbocycles. The first kappa shape index (κ1) is 33.5. The number of hydrogen-bond donors (Lipinski definition) is 1. The van der Waals surface area contributed by atoms with E-state index in [-0.39, 0.29) is 28.8 Å². The molecule has 10 nitrogen and oxygen atoms in total. The number of halogens is 1. The minimum atomic E-state index is -4.32. The first-order valence-corrected chi connectivity index (χ1v) is 15.6. The van der Waals surface area contributed by atoms with Gasteiger partial charge in [-0.3, -0.25) is 13.9 Å². The highest BCUT2D eigenvalue weighted by Crippen LogP contribution is 2.33. The maximum absolute atomic E-state index is 14.2.